The highest BCUT2D eigenvalue weighted by molar-refractivity contribution is 5.75. The van der Waals surface area contributed by atoms with Crippen molar-refractivity contribution in [3.8, 4) is 11.4 Å². The molecule has 0 fully saturated rings. The Hall–Kier alpha value is -2.96. The van der Waals surface area contributed by atoms with Gasteiger partial charge in [-0.05, 0) is 39.3 Å². The van der Waals surface area contributed by atoms with Crippen LogP contribution in [-0.4, -0.2) is 25.8 Å². The quantitative estimate of drug-likeness (QED) is 0.706. The van der Waals surface area contributed by atoms with E-state index in [0.717, 1.165) is 35.5 Å². The molecule has 0 unspecified atom stereocenters. The van der Waals surface area contributed by atoms with Crippen molar-refractivity contribution in [2.24, 2.45) is 0 Å². The molecule has 26 heavy (non-hydrogen) atoms. The van der Waals surface area contributed by atoms with E-state index in [1.807, 2.05) is 55.8 Å². The molecule has 0 spiro atoms. The number of benzene rings is 1. The van der Waals surface area contributed by atoms with Crippen LogP contribution < -0.4 is 5.32 Å². The Labute approximate surface area is 152 Å². The highest BCUT2D eigenvalue weighted by Gasteiger charge is 2.10. The largest absolute Gasteiger partial charge is 0.347 e. The molecule has 3 rings (SSSR count). The Morgan fingerprint density at radius 3 is 2.81 bits per heavy atom. The van der Waals surface area contributed by atoms with Gasteiger partial charge in [-0.2, -0.15) is 10.1 Å². The van der Waals surface area contributed by atoms with Crippen LogP contribution in [0.25, 0.3) is 11.4 Å². The summed E-state index contributed by atoms with van der Waals surface area (Å²) in [6.07, 6.45) is 1.16. The van der Waals surface area contributed by atoms with Gasteiger partial charge in [0.2, 0.25) is 17.6 Å². The molecule has 7 nitrogen and oxygen atoms in total. The Morgan fingerprint density at radius 2 is 2.08 bits per heavy atom. The van der Waals surface area contributed by atoms with Gasteiger partial charge in [0.15, 0.2) is 0 Å². The Kier molecular flexibility index (Phi) is 5.46. The van der Waals surface area contributed by atoms with Gasteiger partial charge < -0.3 is 9.84 Å². The summed E-state index contributed by atoms with van der Waals surface area (Å²) in [6.45, 7) is 6.95. The van der Waals surface area contributed by atoms with Gasteiger partial charge >= 0.3 is 0 Å². The van der Waals surface area contributed by atoms with Crippen LogP contribution in [0.5, 0.6) is 0 Å². The van der Waals surface area contributed by atoms with E-state index in [1.54, 1.807) is 0 Å². The third-order valence-corrected chi connectivity index (χ3v) is 4.06. The molecule has 0 bridgehead atoms. The van der Waals surface area contributed by atoms with Crippen LogP contribution in [0.3, 0.4) is 0 Å². The smallest absolute Gasteiger partial charge is 0.246 e. The number of carbonyl (C=O) groups excluding carboxylic acids is 1. The first-order chi connectivity index (χ1) is 12.5. The van der Waals surface area contributed by atoms with Crippen LogP contribution in [0.4, 0.5) is 0 Å². The summed E-state index contributed by atoms with van der Waals surface area (Å²) in [6, 6.07) is 9.91. The molecule has 2 aromatic heterocycles. The predicted molar refractivity (Wildman–Crippen MR) is 97.3 cm³/mol. The molecular formula is C19H23N5O2. The average molecular weight is 353 g/mol. The standard InChI is InChI=1S/C19H23N5O2/c1-13-6-4-7-16(10-13)19-21-18(26-23-19)12-20-17(25)8-5-9-24-15(3)11-14(2)22-24/h4,6-7,10-11H,5,8-9,12H2,1-3H3,(H,20,25). The van der Waals surface area contributed by atoms with Gasteiger partial charge in [-0.1, -0.05) is 28.9 Å². The van der Waals surface area contributed by atoms with Crippen molar-refractivity contribution in [3.05, 3.63) is 53.2 Å². The summed E-state index contributed by atoms with van der Waals surface area (Å²) in [5.41, 5.74) is 4.13. The van der Waals surface area contributed by atoms with Gasteiger partial charge in [-0.3, -0.25) is 9.48 Å². The molecule has 0 atom stereocenters. The van der Waals surface area contributed by atoms with Crippen molar-refractivity contribution in [1.82, 2.24) is 25.2 Å². The van der Waals surface area contributed by atoms with E-state index < -0.39 is 0 Å². The number of aryl methyl sites for hydroxylation is 4. The average Bonchev–Trinajstić information content (AvgIpc) is 3.19. The lowest BCUT2D eigenvalue weighted by Gasteiger charge is -2.04. The first-order valence-corrected chi connectivity index (χ1v) is 8.68. The summed E-state index contributed by atoms with van der Waals surface area (Å²) in [7, 11) is 0. The first kappa shape index (κ1) is 17.8. The van der Waals surface area contributed by atoms with Crippen LogP contribution in [0.2, 0.25) is 0 Å². The van der Waals surface area contributed by atoms with Gasteiger partial charge in [0.25, 0.3) is 0 Å². The van der Waals surface area contributed by atoms with E-state index in [9.17, 15) is 4.79 Å². The van der Waals surface area contributed by atoms with Crippen molar-refractivity contribution in [2.45, 2.75) is 46.7 Å². The Balaban J connectivity index is 1.45. The number of carbonyl (C=O) groups is 1. The second-order valence-electron chi connectivity index (χ2n) is 6.41. The Bertz CT molecular complexity index is 897. The normalized spacial score (nSPS) is 10.9. The first-order valence-electron chi connectivity index (χ1n) is 8.68. The maximum absolute atomic E-state index is 12.0. The number of rotatable bonds is 7. The van der Waals surface area contributed by atoms with E-state index in [-0.39, 0.29) is 12.5 Å². The maximum Gasteiger partial charge on any atom is 0.246 e. The number of nitrogens with one attached hydrogen (secondary N) is 1. The molecule has 1 aromatic carbocycles. The second kappa shape index (κ2) is 7.95. The molecule has 0 saturated carbocycles. The molecule has 1 amide bonds. The lowest BCUT2D eigenvalue weighted by Crippen LogP contribution is -2.23. The summed E-state index contributed by atoms with van der Waals surface area (Å²) in [5.74, 6) is 0.887. The molecule has 0 radical (unpaired) electrons. The monoisotopic (exact) mass is 353 g/mol. The van der Waals surface area contributed by atoms with E-state index in [4.69, 9.17) is 4.52 Å². The predicted octanol–water partition coefficient (Wildman–Crippen LogP) is 2.95. The summed E-state index contributed by atoms with van der Waals surface area (Å²) >= 11 is 0. The number of hydrogen-bond acceptors (Lipinski definition) is 5. The highest BCUT2D eigenvalue weighted by Crippen LogP contribution is 2.16. The van der Waals surface area contributed by atoms with Gasteiger partial charge in [0, 0.05) is 24.2 Å². The molecule has 2 heterocycles. The zero-order chi connectivity index (χ0) is 18.5. The highest BCUT2D eigenvalue weighted by atomic mass is 16.5. The van der Waals surface area contributed by atoms with Crippen molar-refractivity contribution >= 4 is 5.91 Å². The van der Waals surface area contributed by atoms with Gasteiger partial charge in [-0.25, -0.2) is 0 Å². The Morgan fingerprint density at radius 1 is 1.23 bits per heavy atom. The SMILES string of the molecule is Cc1cccc(-c2noc(CNC(=O)CCCn3nc(C)cc3C)n2)c1. The fourth-order valence-electron chi connectivity index (χ4n) is 2.78. The molecule has 136 valence electrons. The van der Waals surface area contributed by atoms with Crippen molar-refractivity contribution in [1.29, 1.82) is 0 Å². The number of hydrogen-bond donors (Lipinski definition) is 1. The topological polar surface area (TPSA) is 85.8 Å². The fraction of sp³-hybridized carbons (Fsp3) is 0.368. The van der Waals surface area contributed by atoms with Crippen LogP contribution in [0, 0.1) is 20.8 Å². The number of amides is 1. The summed E-state index contributed by atoms with van der Waals surface area (Å²) in [5, 5.41) is 11.2. The third kappa shape index (κ3) is 4.56. The molecular weight excluding hydrogens is 330 g/mol. The van der Waals surface area contributed by atoms with Crippen LogP contribution in [0.15, 0.2) is 34.9 Å². The van der Waals surface area contributed by atoms with E-state index in [2.05, 4.69) is 20.6 Å². The zero-order valence-electron chi connectivity index (χ0n) is 15.3. The lowest BCUT2D eigenvalue weighted by atomic mass is 10.1. The van der Waals surface area contributed by atoms with Gasteiger partial charge in [0.05, 0.1) is 12.2 Å². The van der Waals surface area contributed by atoms with E-state index >= 15 is 0 Å². The van der Waals surface area contributed by atoms with Crippen molar-refractivity contribution in [2.75, 3.05) is 0 Å². The van der Waals surface area contributed by atoms with Crippen LogP contribution in [0.1, 0.15) is 35.7 Å². The minimum absolute atomic E-state index is 0.0400. The fourth-order valence-corrected chi connectivity index (χ4v) is 2.78. The summed E-state index contributed by atoms with van der Waals surface area (Å²) in [4.78, 5) is 16.3. The zero-order valence-corrected chi connectivity index (χ0v) is 15.3. The molecule has 0 saturated heterocycles. The molecule has 1 N–H and O–H groups in total. The third-order valence-electron chi connectivity index (χ3n) is 4.06. The van der Waals surface area contributed by atoms with Gasteiger partial charge in [-0.15, -0.1) is 0 Å². The number of nitrogens with zero attached hydrogens (tertiary/aromatic N) is 4. The maximum atomic E-state index is 12.0. The minimum Gasteiger partial charge on any atom is -0.347 e. The second-order valence-corrected chi connectivity index (χ2v) is 6.41. The van der Waals surface area contributed by atoms with E-state index in [1.165, 1.54) is 0 Å². The molecule has 0 aliphatic carbocycles. The molecule has 0 aliphatic heterocycles. The van der Waals surface area contributed by atoms with Crippen LogP contribution in [-0.2, 0) is 17.9 Å². The van der Waals surface area contributed by atoms with E-state index in [0.29, 0.717) is 18.1 Å². The molecule has 3 aromatic rings. The van der Waals surface area contributed by atoms with Crippen molar-refractivity contribution in [3.63, 3.8) is 0 Å². The molecule has 0 aliphatic rings. The van der Waals surface area contributed by atoms with Gasteiger partial charge in [0.1, 0.15) is 0 Å². The molecule has 7 heteroatoms. The number of aromatic nitrogens is 4. The summed E-state index contributed by atoms with van der Waals surface area (Å²) < 4.78 is 7.14. The van der Waals surface area contributed by atoms with Crippen molar-refractivity contribution < 1.29 is 9.32 Å². The minimum atomic E-state index is -0.0400. The lowest BCUT2D eigenvalue weighted by molar-refractivity contribution is -0.121. The van der Waals surface area contributed by atoms with Crippen LogP contribution >= 0.6 is 0 Å².